The van der Waals surface area contributed by atoms with Gasteiger partial charge in [-0.1, -0.05) is 35.9 Å². The van der Waals surface area contributed by atoms with Gasteiger partial charge in [0.25, 0.3) is 5.91 Å². The molecule has 28 heavy (non-hydrogen) atoms. The van der Waals surface area contributed by atoms with Crippen molar-refractivity contribution in [1.29, 1.82) is 0 Å². The molecule has 0 atom stereocenters. The number of carbonyl (C=O) groups is 2. The fourth-order valence-corrected chi connectivity index (χ4v) is 2.63. The number of nitrogens with zero attached hydrogens (tertiary/aromatic N) is 2. The first kappa shape index (κ1) is 19.0. The Hall–Kier alpha value is -3.74. The van der Waals surface area contributed by atoms with Gasteiger partial charge in [0.1, 0.15) is 17.8 Å². The van der Waals surface area contributed by atoms with Crippen molar-refractivity contribution in [3.63, 3.8) is 0 Å². The maximum absolute atomic E-state index is 12.4. The molecule has 0 aliphatic rings. The van der Waals surface area contributed by atoms with E-state index in [1.165, 1.54) is 13.4 Å². The molecule has 7 nitrogen and oxygen atoms in total. The molecule has 0 saturated carbocycles. The summed E-state index contributed by atoms with van der Waals surface area (Å²) in [6, 6.07) is 16.3. The zero-order valence-corrected chi connectivity index (χ0v) is 15.6. The minimum atomic E-state index is -0.428. The molecule has 0 fully saturated rings. The number of benzene rings is 2. The first-order chi connectivity index (χ1) is 13.5. The summed E-state index contributed by atoms with van der Waals surface area (Å²) in [4.78, 5) is 32.2. The van der Waals surface area contributed by atoms with Crippen LogP contribution in [0.4, 0.5) is 11.5 Å². The average Bonchev–Trinajstić information content (AvgIpc) is 2.72. The first-order valence-electron chi connectivity index (χ1n) is 8.66. The number of anilines is 2. The summed E-state index contributed by atoms with van der Waals surface area (Å²) in [7, 11) is 1.33. The van der Waals surface area contributed by atoms with Crippen molar-refractivity contribution in [2.45, 2.75) is 13.5 Å². The number of hydrogen-bond donors (Lipinski definition) is 2. The Morgan fingerprint density at radius 3 is 2.64 bits per heavy atom. The van der Waals surface area contributed by atoms with Crippen LogP contribution in [0.15, 0.2) is 60.9 Å². The molecule has 7 heteroatoms. The monoisotopic (exact) mass is 376 g/mol. The molecule has 0 saturated heterocycles. The first-order valence-corrected chi connectivity index (χ1v) is 8.66. The predicted molar refractivity (Wildman–Crippen MR) is 105 cm³/mol. The number of hydrogen-bond acceptors (Lipinski definition) is 6. The van der Waals surface area contributed by atoms with Gasteiger partial charge in [-0.2, -0.15) is 0 Å². The fraction of sp³-hybridized carbons (Fsp3) is 0.143. The number of methoxy groups -OCH3 is 1. The number of esters is 1. The highest BCUT2D eigenvalue weighted by molar-refractivity contribution is 5.93. The van der Waals surface area contributed by atoms with Crippen molar-refractivity contribution in [2.24, 2.45) is 0 Å². The van der Waals surface area contributed by atoms with E-state index in [-0.39, 0.29) is 11.6 Å². The number of aryl methyl sites for hydroxylation is 1. The molecule has 0 bridgehead atoms. The quantitative estimate of drug-likeness (QED) is 0.642. The molecule has 0 aliphatic heterocycles. The summed E-state index contributed by atoms with van der Waals surface area (Å²) in [5.41, 5.74) is 3.45. The molecule has 2 aromatic carbocycles. The number of amides is 1. The maximum atomic E-state index is 12.4. The molecule has 3 rings (SSSR count). The summed E-state index contributed by atoms with van der Waals surface area (Å²) in [6.07, 6.45) is 1.31. The van der Waals surface area contributed by atoms with Gasteiger partial charge in [0.05, 0.1) is 12.7 Å². The lowest BCUT2D eigenvalue weighted by atomic mass is 10.1. The van der Waals surface area contributed by atoms with Gasteiger partial charge in [-0.15, -0.1) is 0 Å². The van der Waals surface area contributed by atoms with Gasteiger partial charge in [-0.3, -0.25) is 4.79 Å². The highest BCUT2D eigenvalue weighted by atomic mass is 16.5. The lowest BCUT2D eigenvalue weighted by molar-refractivity contribution is 0.0600. The summed E-state index contributed by atoms with van der Waals surface area (Å²) in [6.45, 7) is 2.41. The SMILES string of the molecule is COC(=O)c1cccc(Nc2cc(C(=O)NCc3cccc(C)c3)ncn2)c1. The smallest absolute Gasteiger partial charge is 0.337 e. The van der Waals surface area contributed by atoms with Crippen LogP contribution in [0.2, 0.25) is 0 Å². The Kier molecular flexibility index (Phi) is 5.96. The molecule has 0 spiro atoms. The molecule has 1 aromatic heterocycles. The van der Waals surface area contributed by atoms with E-state index in [0.717, 1.165) is 11.1 Å². The lowest BCUT2D eigenvalue weighted by Gasteiger charge is -2.09. The van der Waals surface area contributed by atoms with Crippen molar-refractivity contribution in [1.82, 2.24) is 15.3 Å². The number of carbonyl (C=O) groups excluding carboxylic acids is 2. The minimum absolute atomic E-state index is 0.245. The molecule has 142 valence electrons. The van der Waals surface area contributed by atoms with E-state index in [1.54, 1.807) is 30.3 Å². The van der Waals surface area contributed by atoms with E-state index < -0.39 is 5.97 Å². The Bertz CT molecular complexity index is 1000. The minimum Gasteiger partial charge on any atom is -0.465 e. The third-order valence-corrected chi connectivity index (χ3v) is 3.99. The van der Waals surface area contributed by atoms with Crippen molar-refractivity contribution in [2.75, 3.05) is 12.4 Å². The Morgan fingerprint density at radius 1 is 1.04 bits per heavy atom. The van der Waals surface area contributed by atoms with Gasteiger partial charge in [0.15, 0.2) is 0 Å². The standard InChI is InChI=1S/C21H20N4O3/c1-14-5-3-6-15(9-14)12-22-20(26)18-11-19(24-13-23-18)25-17-8-4-7-16(10-17)21(27)28-2/h3-11,13H,12H2,1-2H3,(H,22,26)(H,23,24,25). The van der Waals surface area contributed by atoms with Gasteiger partial charge in [0, 0.05) is 18.3 Å². The summed E-state index contributed by atoms with van der Waals surface area (Å²) in [5.74, 6) is -0.282. The van der Waals surface area contributed by atoms with Crippen molar-refractivity contribution >= 4 is 23.4 Å². The van der Waals surface area contributed by atoms with Crippen LogP contribution in [0.25, 0.3) is 0 Å². The molecule has 1 heterocycles. The van der Waals surface area contributed by atoms with Crippen molar-refractivity contribution < 1.29 is 14.3 Å². The van der Waals surface area contributed by atoms with Crippen LogP contribution in [0.5, 0.6) is 0 Å². The molecular formula is C21H20N4O3. The Morgan fingerprint density at radius 2 is 1.86 bits per heavy atom. The molecule has 1 amide bonds. The molecule has 0 radical (unpaired) electrons. The largest absolute Gasteiger partial charge is 0.465 e. The highest BCUT2D eigenvalue weighted by Crippen LogP contribution is 2.17. The Balaban J connectivity index is 1.68. The summed E-state index contributed by atoms with van der Waals surface area (Å²) in [5, 5.41) is 5.91. The van der Waals surface area contributed by atoms with Crippen LogP contribution in [0.3, 0.4) is 0 Å². The molecule has 3 aromatic rings. The number of aromatic nitrogens is 2. The van der Waals surface area contributed by atoms with E-state index in [4.69, 9.17) is 4.74 Å². The van der Waals surface area contributed by atoms with Gasteiger partial charge < -0.3 is 15.4 Å². The highest BCUT2D eigenvalue weighted by Gasteiger charge is 2.10. The molecule has 0 aliphatic carbocycles. The van der Waals surface area contributed by atoms with E-state index >= 15 is 0 Å². The van der Waals surface area contributed by atoms with Gasteiger partial charge in [-0.25, -0.2) is 14.8 Å². The van der Waals surface area contributed by atoms with E-state index in [9.17, 15) is 9.59 Å². The predicted octanol–water partition coefficient (Wildman–Crippen LogP) is 3.25. The zero-order chi connectivity index (χ0) is 19.9. The summed E-state index contributed by atoms with van der Waals surface area (Å²) >= 11 is 0. The third-order valence-electron chi connectivity index (χ3n) is 3.99. The maximum Gasteiger partial charge on any atom is 0.337 e. The Labute approximate surface area is 162 Å². The second-order valence-corrected chi connectivity index (χ2v) is 6.16. The van der Waals surface area contributed by atoms with Gasteiger partial charge >= 0.3 is 5.97 Å². The molecular weight excluding hydrogens is 356 g/mol. The third kappa shape index (κ3) is 4.91. The normalized spacial score (nSPS) is 10.2. The van der Waals surface area contributed by atoms with E-state index in [1.807, 2.05) is 31.2 Å². The number of nitrogens with one attached hydrogen (secondary N) is 2. The van der Waals surface area contributed by atoms with Crippen LogP contribution in [-0.4, -0.2) is 29.0 Å². The average molecular weight is 376 g/mol. The number of ether oxygens (including phenoxy) is 1. The van der Waals surface area contributed by atoms with Crippen LogP contribution >= 0.6 is 0 Å². The van der Waals surface area contributed by atoms with Crippen LogP contribution in [0.1, 0.15) is 32.0 Å². The van der Waals surface area contributed by atoms with Crippen molar-refractivity contribution in [3.05, 3.63) is 83.3 Å². The number of rotatable bonds is 6. The van der Waals surface area contributed by atoms with Gasteiger partial charge in [-0.05, 0) is 30.7 Å². The van der Waals surface area contributed by atoms with E-state index in [0.29, 0.717) is 23.6 Å². The van der Waals surface area contributed by atoms with Crippen molar-refractivity contribution in [3.8, 4) is 0 Å². The molecule has 0 unspecified atom stereocenters. The van der Waals surface area contributed by atoms with Gasteiger partial charge in [0.2, 0.25) is 0 Å². The van der Waals surface area contributed by atoms with E-state index in [2.05, 4.69) is 20.6 Å². The zero-order valence-electron chi connectivity index (χ0n) is 15.6. The topological polar surface area (TPSA) is 93.2 Å². The lowest BCUT2D eigenvalue weighted by Crippen LogP contribution is -2.24. The van der Waals surface area contributed by atoms with Crippen LogP contribution in [0, 0.1) is 6.92 Å². The second kappa shape index (κ2) is 8.77. The fourth-order valence-electron chi connectivity index (χ4n) is 2.63. The summed E-state index contributed by atoms with van der Waals surface area (Å²) < 4.78 is 4.72. The second-order valence-electron chi connectivity index (χ2n) is 6.16. The molecule has 2 N–H and O–H groups in total. The van der Waals surface area contributed by atoms with Crippen LogP contribution in [-0.2, 0) is 11.3 Å². The van der Waals surface area contributed by atoms with Crippen LogP contribution < -0.4 is 10.6 Å².